The van der Waals surface area contributed by atoms with E-state index in [9.17, 15) is 9.18 Å². The first-order valence-electron chi connectivity index (χ1n) is 10.5. The number of nitrogens with one attached hydrogen (secondary N) is 1. The Balaban J connectivity index is 1.51. The van der Waals surface area contributed by atoms with Gasteiger partial charge in [0, 0.05) is 30.3 Å². The van der Waals surface area contributed by atoms with Crippen molar-refractivity contribution >= 4 is 17.7 Å². The summed E-state index contributed by atoms with van der Waals surface area (Å²) in [5, 5.41) is 11.9. The van der Waals surface area contributed by atoms with Crippen LogP contribution in [0.25, 0.3) is 11.3 Å². The SMILES string of the molecule is CC1COC(CNC(=O)c2ccccc2)CN1c1cc(-c2ccc(C#N)c(F)c2)nc(N)n1. The van der Waals surface area contributed by atoms with Gasteiger partial charge in [0.05, 0.1) is 30.0 Å². The Morgan fingerprint density at radius 2 is 2.06 bits per heavy atom. The van der Waals surface area contributed by atoms with Crippen LogP contribution in [0.4, 0.5) is 16.2 Å². The van der Waals surface area contributed by atoms with E-state index in [1.54, 1.807) is 30.3 Å². The molecule has 0 bridgehead atoms. The molecular weight excluding hydrogens is 423 g/mol. The molecule has 0 spiro atoms. The van der Waals surface area contributed by atoms with E-state index in [0.717, 1.165) is 0 Å². The van der Waals surface area contributed by atoms with Crippen molar-refractivity contribution in [3.63, 3.8) is 0 Å². The zero-order valence-electron chi connectivity index (χ0n) is 18.0. The average Bonchev–Trinajstić information content (AvgIpc) is 2.83. The van der Waals surface area contributed by atoms with Gasteiger partial charge in [-0.05, 0) is 31.2 Å². The second-order valence-corrected chi connectivity index (χ2v) is 7.81. The van der Waals surface area contributed by atoms with E-state index in [1.165, 1.54) is 12.1 Å². The number of aromatic nitrogens is 2. The number of hydrogen-bond acceptors (Lipinski definition) is 7. The number of nitrogens with two attached hydrogens (primary N) is 1. The average molecular weight is 446 g/mol. The van der Waals surface area contributed by atoms with Crippen LogP contribution in [-0.4, -0.2) is 47.7 Å². The van der Waals surface area contributed by atoms with Crippen molar-refractivity contribution in [2.75, 3.05) is 30.3 Å². The lowest BCUT2D eigenvalue weighted by Gasteiger charge is -2.39. The third-order valence-electron chi connectivity index (χ3n) is 5.44. The number of amides is 1. The largest absolute Gasteiger partial charge is 0.372 e. The molecule has 2 atom stereocenters. The number of hydrogen-bond donors (Lipinski definition) is 2. The van der Waals surface area contributed by atoms with Gasteiger partial charge in [-0.2, -0.15) is 10.2 Å². The Hall–Kier alpha value is -4.03. The van der Waals surface area contributed by atoms with Gasteiger partial charge in [0.2, 0.25) is 5.95 Å². The zero-order chi connectivity index (χ0) is 23.4. The summed E-state index contributed by atoms with van der Waals surface area (Å²) in [5.41, 5.74) is 7.45. The van der Waals surface area contributed by atoms with Crippen molar-refractivity contribution < 1.29 is 13.9 Å². The molecule has 1 aliphatic heterocycles. The van der Waals surface area contributed by atoms with Gasteiger partial charge in [-0.3, -0.25) is 4.79 Å². The van der Waals surface area contributed by atoms with Gasteiger partial charge in [0.25, 0.3) is 5.91 Å². The maximum Gasteiger partial charge on any atom is 0.251 e. The Bertz CT molecular complexity index is 1200. The van der Waals surface area contributed by atoms with E-state index in [-0.39, 0.29) is 29.6 Å². The molecule has 3 N–H and O–H groups in total. The highest BCUT2D eigenvalue weighted by Crippen LogP contribution is 2.27. The normalized spacial score (nSPS) is 17.9. The highest BCUT2D eigenvalue weighted by molar-refractivity contribution is 5.94. The van der Waals surface area contributed by atoms with E-state index in [1.807, 2.05) is 30.0 Å². The molecule has 3 aromatic rings. The van der Waals surface area contributed by atoms with Crippen molar-refractivity contribution in [2.45, 2.75) is 19.1 Å². The Labute approximate surface area is 190 Å². The molecule has 9 heteroatoms. The molecule has 4 rings (SSSR count). The number of morpholine rings is 1. The molecule has 1 amide bonds. The monoisotopic (exact) mass is 446 g/mol. The zero-order valence-corrected chi connectivity index (χ0v) is 18.0. The van der Waals surface area contributed by atoms with Crippen LogP contribution in [0.1, 0.15) is 22.8 Å². The number of carbonyl (C=O) groups is 1. The fourth-order valence-corrected chi connectivity index (χ4v) is 3.67. The molecule has 168 valence electrons. The van der Waals surface area contributed by atoms with Crippen molar-refractivity contribution in [2.24, 2.45) is 0 Å². The van der Waals surface area contributed by atoms with E-state index in [0.29, 0.717) is 42.3 Å². The summed E-state index contributed by atoms with van der Waals surface area (Å²) in [4.78, 5) is 23.0. The number of nitrogen functional groups attached to an aromatic ring is 1. The number of rotatable bonds is 5. The molecule has 2 unspecified atom stereocenters. The lowest BCUT2D eigenvalue weighted by Crippen LogP contribution is -2.52. The van der Waals surface area contributed by atoms with E-state index < -0.39 is 5.82 Å². The first kappa shape index (κ1) is 22.2. The lowest BCUT2D eigenvalue weighted by atomic mass is 10.1. The van der Waals surface area contributed by atoms with Crippen LogP contribution in [0.15, 0.2) is 54.6 Å². The fraction of sp³-hybridized carbons (Fsp3) is 0.250. The van der Waals surface area contributed by atoms with Crippen molar-refractivity contribution in [3.8, 4) is 17.3 Å². The number of halogens is 1. The van der Waals surface area contributed by atoms with Gasteiger partial charge >= 0.3 is 0 Å². The van der Waals surface area contributed by atoms with Gasteiger partial charge in [0.15, 0.2) is 0 Å². The molecule has 8 nitrogen and oxygen atoms in total. The minimum absolute atomic E-state index is 0.00549. The van der Waals surface area contributed by atoms with Gasteiger partial charge in [0.1, 0.15) is 17.7 Å². The predicted molar refractivity (Wildman–Crippen MR) is 122 cm³/mol. The molecule has 1 saturated heterocycles. The minimum atomic E-state index is -0.623. The molecule has 0 radical (unpaired) electrons. The van der Waals surface area contributed by atoms with Gasteiger partial charge in [-0.1, -0.05) is 24.3 Å². The summed E-state index contributed by atoms with van der Waals surface area (Å²) < 4.78 is 20.0. The first-order chi connectivity index (χ1) is 15.9. The molecule has 2 aromatic carbocycles. The maximum absolute atomic E-state index is 14.1. The third-order valence-corrected chi connectivity index (χ3v) is 5.44. The van der Waals surface area contributed by atoms with Crippen LogP contribution < -0.4 is 16.0 Å². The molecule has 33 heavy (non-hydrogen) atoms. The quantitative estimate of drug-likeness (QED) is 0.619. The molecule has 1 fully saturated rings. The Morgan fingerprint density at radius 1 is 1.27 bits per heavy atom. The standard InChI is InChI=1S/C24H23FN6O2/c1-15-14-33-19(12-28-23(32)16-5-3-2-4-6-16)13-31(15)22-10-21(29-24(27)30-22)17-7-8-18(11-26)20(25)9-17/h2-10,15,19H,12-14H2,1H3,(H,28,32)(H2,27,29,30). The summed E-state index contributed by atoms with van der Waals surface area (Å²) in [7, 11) is 0. The lowest BCUT2D eigenvalue weighted by molar-refractivity contribution is 0.0227. The number of nitriles is 1. The molecule has 0 aliphatic carbocycles. The Morgan fingerprint density at radius 3 is 2.79 bits per heavy atom. The van der Waals surface area contributed by atoms with Gasteiger partial charge in [-0.25, -0.2) is 9.37 Å². The molecule has 2 heterocycles. The fourth-order valence-electron chi connectivity index (χ4n) is 3.67. The van der Waals surface area contributed by atoms with Gasteiger partial charge in [-0.15, -0.1) is 0 Å². The molecular formula is C24H23FN6O2. The second kappa shape index (κ2) is 9.63. The van der Waals surface area contributed by atoms with E-state index in [4.69, 9.17) is 15.7 Å². The summed E-state index contributed by atoms with van der Waals surface area (Å²) in [6.45, 7) is 3.26. The van der Waals surface area contributed by atoms with Crippen LogP contribution in [0.2, 0.25) is 0 Å². The minimum Gasteiger partial charge on any atom is -0.372 e. The summed E-state index contributed by atoms with van der Waals surface area (Å²) in [5.74, 6) is -0.152. The number of ether oxygens (including phenoxy) is 1. The topological polar surface area (TPSA) is 117 Å². The van der Waals surface area contributed by atoms with Crippen LogP contribution in [0, 0.1) is 17.1 Å². The molecule has 1 aromatic heterocycles. The van der Waals surface area contributed by atoms with Gasteiger partial charge < -0.3 is 20.7 Å². The third kappa shape index (κ3) is 5.07. The second-order valence-electron chi connectivity index (χ2n) is 7.81. The van der Waals surface area contributed by atoms with E-state index >= 15 is 0 Å². The summed E-state index contributed by atoms with van der Waals surface area (Å²) >= 11 is 0. The number of benzene rings is 2. The number of anilines is 2. The number of nitrogens with zero attached hydrogens (tertiary/aromatic N) is 4. The highest BCUT2D eigenvalue weighted by atomic mass is 19.1. The molecule has 0 saturated carbocycles. The smallest absolute Gasteiger partial charge is 0.251 e. The highest BCUT2D eigenvalue weighted by Gasteiger charge is 2.28. The predicted octanol–water partition coefficient (Wildman–Crippen LogP) is 2.76. The summed E-state index contributed by atoms with van der Waals surface area (Å²) in [6, 6.07) is 16.8. The number of carbonyl (C=O) groups excluding carboxylic acids is 1. The molecule has 1 aliphatic rings. The summed E-state index contributed by atoms with van der Waals surface area (Å²) in [6.07, 6.45) is -0.249. The van der Waals surface area contributed by atoms with Crippen LogP contribution in [-0.2, 0) is 4.74 Å². The van der Waals surface area contributed by atoms with Crippen LogP contribution in [0.5, 0.6) is 0 Å². The maximum atomic E-state index is 14.1. The Kier molecular flexibility index (Phi) is 6.47. The first-order valence-corrected chi connectivity index (χ1v) is 10.5. The van der Waals surface area contributed by atoms with Crippen LogP contribution in [0.3, 0.4) is 0 Å². The van der Waals surface area contributed by atoms with Crippen molar-refractivity contribution in [1.82, 2.24) is 15.3 Å². The van der Waals surface area contributed by atoms with Crippen LogP contribution >= 0.6 is 0 Å². The van der Waals surface area contributed by atoms with Crippen molar-refractivity contribution in [1.29, 1.82) is 5.26 Å². The van der Waals surface area contributed by atoms with E-state index in [2.05, 4.69) is 15.3 Å². The van der Waals surface area contributed by atoms with Crippen molar-refractivity contribution in [3.05, 3.63) is 71.5 Å².